The molecule has 3 aliphatic heterocycles. The molecule has 156 valence electrons. The maximum atomic E-state index is 12.8. The summed E-state index contributed by atoms with van der Waals surface area (Å²) in [4.78, 5) is 39.2. The number of carbonyl (C=O) groups is 3. The second-order valence-electron chi connectivity index (χ2n) is 7.70. The molecule has 1 saturated carbocycles. The molecule has 4 aliphatic rings. The highest BCUT2D eigenvalue weighted by Gasteiger charge is 2.49. The summed E-state index contributed by atoms with van der Waals surface area (Å²) in [6.07, 6.45) is 4.99. The van der Waals surface area contributed by atoms with Gasteiger partial charge in [-0.05, 0) is 31.9 Å². The molecule has 28 heavy (non-hydrogen) atoms. The van der Waals surface area contributed by atoms with Crippen molar-refractivity contribution in [3.8, 4) is 0 Å². The first-order chi connectivity index (χ1) is 13.6. The van der Waals surface area contributed by atoms with Crippen molar-refractivity contribution in [1.29, 1.82) is 0 Å². The number of carbonyl (C=O) groups excluding carboxylic acids is 3. The lowest BCUT2D eigenvalue weighted by Crippen LogP contribution is -2.50. The third kappa shape index (κ3) is 4.15. The largest absolute Gasteiger partial charge is 0.450 e. The molecule has 0 spiro atoms. The van der Waals surface area contributed by atoms with E-state index in [1.165, 1.54) is 25.7 Å². The number of nitrogens with one attached hydrogen (secondary N) is 3. The van der Waals surface area contributed by atoms with Crippen LogP contribution in [0, 0.1) is 5.92 Å². The van der Waals surface area contributed by atoms with Gasteiger partial charge in [0, 0.05) is 17.8 Å². The van der Waals surface area contributed by atoms with Gasteiger partial charge in [0.25, 0.3) is 0 Å². The van der Waals surface area contributed by atoms with Crippen LogP contribution in [-0.2, 0) is 14.3 Å². The van der Waals surface area contributed by atoms with Crippen LogP contribution in [0.15, 0.2) is 0 Å². The Bertz CT molecular complexity index is 637. The van der Waals surface area contributed by atoms with Crippen LogP contribution in [0.25, 0.3) is 0 Å². The monoisotopic (exact) mass is 428 g/mol. The molecule has 0 aromatic rings. The zero-order chi connectivity index (χ0) is 19.7. The van der Waals surface area contributed by atoms with E-state index in [1.807, 2.05) is 11.8 Å². The van der Waals surface area contributed by atoms with Crippen molar-refractivity contribution >= 4 is 41.4 Å². The lowest BCUT2D eigenvalue weighted by molar-refractivity contribution is -0.126. The van der Waals surface area contributed by atoms with Gasteiger partial charge in [0.05, 0.1) is 17.9 Å². The van der Waals surface area contributed by atoms with Gasteiger partial charge in [0.15, 0.2) is 0 Å². The second-order valence-corrected chi connectivity index (χ2v) is 10.3. The van der Waals surface area contributed by atoms with Crippen LogP contribution in [0.3, 0.4) is 0 Å². The number of hydrogen-bond acceptors (Lipinski definition) is 8. The second kappa shape index (κ2) is 8.81. The molecule has 0 aromatic carbocycles. The van der Waals surface area contributed by atoms with Gasteiger partial charge in [-0.15, -0.1) is 23.5 Å². The molecule has 1 aliphatic carbocycles. The molecule has 3 heterocycles. The Morgan fingerprint density at radius 3 is 2.82 bits per heavy atom. The predicted molar refractivity (Wildman–Crippen MR) is 109 cm³/mol. The third-order valence-corrected chi connectivity index (χ3v) is 8.81. The molecule has 0 aromatic heterocycles. The van der Waals surface area contributed by atoms with Crippen molar-refractivity contribution < 1.29 is 19.1 Å². The van der Waals surface area contributed by atoms with E-state index in [0.29, 0.717) is 17.7 Å². The van der Waals surface area contributed by atoms with Crippen LogP contribution in [0.2, 0.25) is 0 Å². The molecule has 8 nitrogen and oxygen atoms in total. The molecule has 3 amide bonds. The number of thioether (sulfide) groups is 2. The Labute approximate surface area is 173 Å². The number of alkyl carbamates (subject to hydrolysis) is 1. The number of ether oxygens (including phenoxy) is 1. The number of imide groups is 1. The quantitative estimate of drug-likeness (QED) is 0.612. The van der Waals surface area contributed by atoms with Crippen LogP contribution in [0.1, 0.15) is 39.0 Å². The van der Waals surface area contributed by atoms with E-state index in [9.17, 15) is 14.4 Å². The zero-order valence-corrected chi connectivity index (χ0v) is 17.7. The van der Waals surface area contributed by atoms with Gasteiger partial charge in [-0.25, -0.2) is 4.79 Å². The van der Waals surface area contributed by atoms with E-state index in [0.717, 1.165) is 12.3 Å². The molecule has 10 heteroatoms. The first-order valence-corrected chi connectivity index (χ1v) is 12.1. The van der Waals surface area contributed by atoms with Crippen molar-refractivity contribution in [3.05, 3.63) is 0 Å². The molecule has 3 saturated heterocycles. The summed E-state index contributed by atoms with van der Waals surface area (Å²) >= 11 is 3.51. The van der Waals surface area contributed by atoms with Crippen LogP contribution in [0.4, 0.5) is 4.79 Å². The third-order valence-electron chi connectivity index (χ3n) is 5.97. The average molecular weight is 429 g/mol. The van der Waals surface area contributed by atoms with Crippen LogP contribution in [-0.4, -0.2) is 69.9 Å². The highest BCUT2D eigenvalue weighted by Crippen LogP contribution is 2.44. The predicted octanol–water partition coefficient (Wildman–Crippen LogP) is 1.07. The van der Waals surface area contributed by atoms with Crippen molar-refractivity contribution in [2.24, 2.45) is 5.92 Å². The first kappa shape index (κ1) is 20.3. The molecule has 4 rings (SSSR count). The summed E-state index contributed by atoms with van der Waals surface area (Å²) < 4.78 is 4.77. The number of hydrogen-bond donors (Lipinski definition) is 3. The smallest absolute Gasteiger partial charge is 0.413 e. The summed E-state index contributed by atoms with van der Waals surface area (Å²) in [7, 11) is 0. The fraction of sp³-hybridized carbons (Fsp3) is 0.833. The van der Waals surface area contributed by atoms with Gasteiger partial charge in [0.2, 0.25) is 11.8 Å². The lowest BCUT2D eigenvalue weighted by Gasteiger charge is -2.29. The summed E-state index contributed by atoms with van der Waals surface area (Å²) in [5, 5.41) is 9.15. The van der Waals surface area contributed by atoms with E-state index in [4.69, 9.17) is 4.74 Å². The van der Waals surface area contributed by atoms with E-state index in [1.54, 1.807) is 18.7 Å². The van der Waals surface area contributed by atoms with E-state index in [-0.39, 0.29) is 35.3 Å². The van der Waals surface area contributed by atoms with Crippen molar-refractivity contribution in [3.63, 3.8) is 0 Å². The minimum absolute atomic E-state index is 0.0595. The number of rotatable bonds is 4. The van der Waals surface area contributed by atoms with Crippen LogP contribution in [0.5, 0.6) is 0 Å². The van der Waals surface area contributed by atoms with Gasteiger partial charge in [-0.3, -0.25) is 25.1 Å². The molecule has 6 unspecified atom stereocenters. The molecule has 6 atom stereocenters. The van der Waals surface area contributed by atoms with E-state index < -0.39 is 12.0 Å². The van der Waals surface area contributed by atoms with Gasteiger partial charge in [-0.1, -0.05) is 12.8 Å². The molecular weight excluding hydrogens is 400 g/mol. The van der Waals surface area contributed by atoms with E-state index >= 15 is 0 Å². The van der Waals surface area contributed by atoms with Crippen molar-refractivity contribution in [2.75, 3.05) is 18.9 Å². The molecular formula is C18H28N4O4S2. The van der Waals surface area contributed by atoms with Crippen molar-refractivity contribution in [1.82, 2.24) is 20.9 Å². The summed E-state index contributed by atoms with van der Waals surface area (Å²) in [6.45, 7) is 2.62. The molecule has 0 bridgehead atoms. The maximum Gasteiger partial charge on any atom is 0.413 e. The Kier molecular flexibility index (Phi) is 6.39. The molecule has 4 fully saturated rings. The lowest BCUT2D eigenvalue weighted by atomic mass is 9.94. The zero-order valence-electron chi connectivity index (χ0n) is 16.0. The van der Waals surface area contributed by atoms with Gasteiger partial charge < -0.3 is 10.1 Å². The normalized spacial score (nSPS) is 37.2. The molecule has 0 radical (unpaired) electrons. The Balaban J connectivity index is 1.30. The fourth-order valence-electron chi connectivity index (χ4n) is 4.60. The summed E-state index contributed by atoms with van der Waals surface area (Å²) in [6, 6.07) is 0.327. The van der Waals surface area contributed by atoms with Crippen LogP contribution >= 0.6 is 23.5 Å². The fourth-order valence-corrected chi connectivity index (χ4v) is 7.68. The number of amides is 3. The number of fused-ring (bicyclic) bond motifs is 3. The van der Waals surface area contributed by atoms with E-state index in [2.05, 4.69) is 20.9 Å². The SMILES string of the molecule is CCOC(=O)NC(=O)C1CCSC1NC(=O)C1CN2C(N1)SC1CCCCC12. The Morgan fingerprint density at radius 2 is 2.00 bits per heavy atom. The van der Waals surface area contributed by atoms with Crippen LogP contribution < -0.4 is 16.0 Å². The number of nitrogens with zero attached hydrogens (tertiary/aromatic N) is 1. The average Bonchev–Trinajstić information content (AvgIpc) is 3.35. The first-order valence-electron chi connectivity index (χ1n) is 10.1. The van der Waals surface area contributed by atoms with Gasteiger partial charge in [-0.2, -0.15) is 0 Å². The molecule has 3 N–H and O–H groups in total. The minimum Gasteiger partial charge on any atom is -0.450 e. The topological polar surface area (TPSA) is 99.8 Å². The maximum absolute atomic E-state index is 12.8. The van der Waals surface area contributed by atoms with Gasteiger partial charge in [0.1, 0.15) is 11.5 Å². The van der Waals surface area contributed by atoms with Crippen molar-refractivity contribution in [2.45, 2.75) is 67.2 Å². The highest BCUT2D eigenvalue weighted by atomic mass is 32.2. The highest BCUT2D eigenvalue weighted by molar-refractivity contribution is 8.00. The minimum atomic E-state index is -0.730. The summed E-state index contributed by atoms with van der Waals surface area (Å²) in [5.41, 5.74) is 0.225. The summed E-state index contributed by atoms with van der Waals surface area (Å²) in [5.74, 6) is -0.0834. The Hall–Kier alpha value is -0.970. The van der Waals surface area contributed by atoms with Gasteiger partial charge >= 0.3 is 6.09 Å². The standard InChI is InChI=1S/C18H28N4O4S2/c1-2-26-18(25)21-14(23)10-7-8-27-16(10)20-15(24)11-9-22-12-5-3-4-6-13(12)28-17(22)19-11/h10-13,16-17,19H,2-9H2,1H3,(H,20,24)(H,21,23,25). The Morgan fingerprint density at radius 1 is 1.18 bits per heavy atom.